The minimum Gasteiger partial charge on any atom is -0.477 e. The number of aryl methyl sites for hydroxylation is 2. The number of nitrogens with zero attached hydrogens (tertiary/aromatic N) is 1. The molecule has 0 aliphatic heterocycles. The Morgan fingerprint density at radius 1 is 0.938 bits per heavy atom. The Hall–Kier alpha value is -3.37. The molecule has 0 spiro atoms. The maximum absolute atomic E-state index is 12.4. The zero-order valence-electron chi connectivity index (χ0n) is 18.7. The number of para-hydroxylation sites is 1. The lowest BCUT2D eigenvalue weighted by molar-refractivity contribution is 0.0684. The van der Waals surface area contributed by atoms with Crippen LogP contribution in [0, 0.1) is 6.92 Å². The molecule has 0 fully saturated rings. The highest BCUT2D eigenvalue weighted by Crippen LogP contribution is 2.28. The summed E-state index contributed by atoms with van der Waals surface area (Å²) in [6.07, 6.45) is 1.99. The first-order valence-electron chi connectivity index (χ1n) is 11.2. The van der Waals surface area contributed by atoms with Crippen LogP contribution in [0.4, 0.5) is 0 Å². The van der Waals surface area contributed by atoms with Gasteiger partial charge in [-0.1, -0.05) is 78.4 Å². The van der Waals surface area contributed by atoms with Crippen LogP contribution in [-0.4, -0.2) is 21.7 Å². The number of hydrogen-bond acceptors (Lipinski definition) is 2. The van der Waals surface area contributed by atoms with E-state index in [1.165, 1.54) is 11.1 Å². The number of carboxylic acid groups (broad SMARTS) is 1. The van der Waals surface area contributed by atoms with Crippen molar-refractivity contribution in [1.29, 1.82) is 0 Å². The summed E-state index contributed by atoms with van der Waals surface area (Å²) in [5, 5.41) is 14.7. The Balaban J connectivity index is 1.58. The van der Waals surface area contributed by atoms with Crippen LogP contribution in [0.5, 0.6) is 0 Å². The highest BCUT2D eigenvalue weighted by atomic mass is 16.4. The summed E-state index contributed by atoms with van der Waals surface area (Å²) in [7, 11) is 0. The normalized spacial score (nSPS) is 12.2. The Labute approximate surface area is 189 Å². The van der Waals surface area contributed by atoms with Gasteiger partial charge < -0.3 is 15.0 Å². The molecule has 2 N–H and O–H groups in total. The molecule has 0 aliphatic carbocycles. The average molecular weight is 427 g/mol. The molecule has 0 saturated carbocycles. The number of hydrogen-bond donors (Lipinski definition) is 2. The van der Waals surface area contributed by atoms with Gasteiger partial charge in [0.25, 0.3) is 0 Å². The van der Waals surface area contributed by atoms with Crippen LogP contribution in [0.1, 0.15) is 46.1 Å². The first-order chi connectivity index (χ1) is 15.5. The van der Waals surface area contributed by atoms with E-state index in [0.717, 1.165) is 34.9 Å². The van der Waals surface area contributed by atoms with Crippen LogP contribution in [0.25, 0.3) is 10.9 Å². The fourth-order valence-corrected chi connectivity index (χ4v) is 4.25. The molecule has 0 radical (unpaired) electrons. The SMILES string of the molecule is Cc1ccc(Cn2c(C(=O)O)c(CN[C@@H](C)CCc3ccccc3)c3ccccc32)cc1. The summed E-state index contributed by atoms with van der Waals surface area (Å²) in [6, 6.07) is 27.0. The minimum absolute atomic E-state index is 0.274. The zero-order valence-corrected chi connectivity index (χ0v) is 18.7. The van der Waals surface area contributed by atoms with Crippen molar-refractivity contribution < 1.29 is 9.90 Å². The molecule has 3 aromatic carbocycles. The van der Waals surface area contributed by atoms with E-state index in [4.69, 9.17) is 0 Å². The molecule has 1 atom stereocenters. The van der Waals surface area contributed by atoms with Crippen LogP contribution in [0.15, 0.2) is 78.9 Å². The van der Waals surface area contributed by atoms with Gasteiger partial charge >= 0.3 is 5.97 Å². The van der Waals surface area contributed by atoms with Crippen LogP contribution in [0.2, 0.25) is 0 Å². The van der Waals surface area contributed by atoms with Gasteiger partial charge in [0.05, 0.1) is 0 Å². The van der Waals surface area contributed by atoms with Gasteiger partial charge in [-0.3, -0.25) is 0 Å². The molecular formula is C28H30N2O2. The van der Waals surface area contributed by atoms with E-state index in [0.29, 0.717) is 18.8 Å². The van der Waals surface area contributed by atoms with Crippen LogP contribution < -0.4 is 5.32 Å². The highest BCUT2D eigenvalue weighted by molar-refractivity contribution is 5.98. The van der Waals surface area contributed by atoms with Crippen molar-refractivity contribution in [3.63, 3.8) is 0 Å². The number of aromatic nitrogens is 1. The number of rotatable bonds is 9. The van der Waals surface area contributed by atoms with E-state index in [2.05, 4.69) is 67.7 Å². The van der Waals surface area contributed by atoms with Gasteiger partial charge in [-0.05, 0) is 43.9 Å². The van der Waals surface area contributed by atoms with E-state index in [9.17, 15) is 9.90 Å². The molecule has 164 valence electrons. The summed E-state index contributed by atoms with van der Waals surface area (Å²) in [5.74, 6) is -0.887. The Kier molecular flexibility index (Phi) is 6.72. The van der Waals surface area contributed by atoms with Crippen LogP contribution in [0.3, 0.4) is 0 Å². The second-order valence-electron chi connectivity index (χ2n) is 8.53. The number of benzene rings is 3. The molecule has 0 bridgehead atoms. The van der Waals surface area contributed by atoms with Crippen molar-refractivity contribution in [1.82, 2.24) is 9.88 Å². The van der Waals surface area contributed by atoms with E-state index in [-0.39, 0.29) is 6.04 Å². The Morgan fingerprint density at radius 2 is 1.62 bits per heavy atom. The molecule has 1 heterocycles. The lowest BCUT2D eigenvalue weighted by atomic mass is 10.1. The molecule has 1 aromatic heterocycles. The number of nitrogens with one attached hydrogen (secondary N) is 1. The third-order valence-corrected chi connectivity index (χ3v) is 6.08. The van der Waals surface area contributed by atoms with Gasteiger partial charge in [-0.2, -0.15) is 0 Å². The van der Waals surface area contributed by atoms with Gasteiger partial charge in [-0.25, -0.2) is 4.79 Å². The van der Waals surface area contributed by atoms with E-state index < -0.39 is 5.97 Å². The quantitative estimate of drug-likeness (QED) is 0.355. The number of carboxylic acids is 1. The first kappa shape index (κ1) is 21.8. The lowest BCUT2D eigenvalue weighted by Crippen LogP contribution is -2.27. The van der Waals surface area contributed by atoms with Gasteiger partial charge in [-0.15, -0.1) is 0 Å². The third kappa shape index (κ3) is 4.92. The van der Waals surface area contributed by atoms with Gasteiger partial charge in [0, 0.05) is 35.6 Å². The summed E-state index contributed by atoms with van der Waals surface area (Å²) in [5.41, 5.74) is 5.79. The molecule has 0 saturated heterocycles. The fourth-order valence-electron chi connectivity index (χ4n) is 4.25. The molecule has 0 unspecified atom stereocenters. The molecule has 4 rings (SSSR count). The lowest BCUT2D eigenvalue weighted by Gasteiger charge is -2.15. The van der Waals surface area contributed by atoms with Gasteiger partial charge in [0.1, 0.15) is 5.69 Å². The van der Waals surface area contributed by atoms with E-state index in [1.807, 2.05) is 34.9 Å². The Bertz CT molecular complexity index is 1190. The summed E-state index contributed by atoms with van der Waals surface area (Å²) in [4.78, 5) is 12.4. The summed E-state index contributed by atoms with van der Waals surface area (Å²) >= 11 is 0. The molecule has 4 nitrogen and oxygen atoms in total. The predicted molar refractivity (Wildman–Crippen MR) is 130 cm³/mol. The van der Waals surface area contributed by atoms with Crippen LogP contribution >= 0.6 is 0 Å². The van der Waals surface area contributed by atoms with Gasteiger partial charge in [0.15, 0.2) is 0 Å². The number of fused-ring (bicyclic) bond motifs is 1. The van der Waals surface area contributed by atoms with Crippen molar-refractivity contribution in [2.24, 2.45) is 0 Å². The largest absolute Gasteiger partial charge is 0.477 e. The summed E-state index contributed by atoms with van der Waals surface area (Å²) in [6.45, 7) is 5.28. The van der Waals surface area contributed by atoms with Gasteiger partial charge in [0.2, 0.25) is 0 Å². The smallest absolute Gasteiger partial charge is 0.352 e. The van der Waals surface area contributed by atoms with Crippen molar-refractivity contribution >= 4 is 16.9 Å². The van der Waals surface area contributed by atoms with Crippen molar-refractivity contribution in [3.05, 3.63) is 107 Å². The standard InChI is InChI=1S/C28H30N2O2/c1-20-12-15-23(16-13-20)19-30-26-11-7-6-10-24(26)25(27(30)28(31)32)18-29-21(2)14-17-22-8-4-3-5-9-22/h3-13,15-16,21,29H,14,17-19H2,1-2H3,(H,31,32)/t21-/m0/s1. The van der Waals surface area contributed by atoms with Crippen molar-refractivity contribution in [3.8, 4) is 0 Å². The molecule has 4 heteroatoms. The van der Waals surface area contributed by atoms with Crippen molar-refractivity contribution in [2.45, 2.75) is 45.8 Å². The zero-order chi connectivity index (χ0) is 22.5. The molecule has 0 amide bonds. The number of carbonyl (C=O) groups is 1. The van der Waals surface area contributed by atoms with Crippen LogP contribution in [-0.2, 0) is 19.5 Å². The third-order valence-electron chi connectivity index (χ3n) is 6.08. The molecule has 4 aromatic rings. The summed E-state index contributed by atoms with van der Waals surface area (Å²) < 4.78 is 1.94. The molecular weight excluding hydrogens is 396 g/mol. The monoisotopic (exact) mass is 426 g/mol. The second kappa shape index (κ2) is 9.84. The van der Waals surface area contributed by atoms with Crippen molar-refractivity contribution in [2.75, 3.05) is 0 Å². The minimum atomic E-state index is -0.887. The fraction of sp³-hybridized carbons (Fsp3) is 0.250. The number of aromatic carboxylic acids is 1. The maximum Gasteiger partial charge on any atom is 0.352 e. The average Bonchev–Trinajstić information content (AvgIpc) is 3.12. The van der Waals surface area contributed by atoms with E-state index >= 15 is 0 Å². The molecule has 32 heavy (non-hydrogen) atoms. The molecule has 0 aliphatic rings. The van der Waals surface area contributed by atoms with E-state index in [1.54, 1.807) is 0 Å². The Morgan fingerprint density at radius 3 is 2.34 bits per heavy atom. The first-order valence-corrected chi connectivity index (χ1v) is 11.2. The highest BCUT2D eigenvalue weighted by Gasteiger charge is 2.22. The maximum atomic E-state index is 12.4. The topological polar surface area (TPSA) is 54.3 Å². The predicted octanol–water partition coefficient (Wildman–Crippen LogP) is 5.81. The second-order valence-corrected chi connectivity index (χ2v) is 8.53.